The Hall–Kier alpha value is -3.68. The highest BCUT2D eigenvalue weighted by Gasteiger charge is 2.20. The van der Waals surface area contributed by atoms with Crippen LogP contribution in [-0.2, 0) is 0 Å². The van der Waals surface area contributed by atoms with Crippen molar-refractivity contribution in [2.45, 2.75) is 26.7 Å². The molecular formula is C22H25N5O3. The summed E-state index contributed by atoms with van der Waals surface area (Å²) in [4.78, 5) is 23.4. The molecule has 2 aromatic carbocycles. The molecule has 0 aliphatic carbocycles. The van der Waals surface area contributed by atoms with Crippen LogP contribution in [0.25, 0.3) is 5.69 Å². The first-order chi connectivity index (χ1) is 14.4. The van der Waals surface area contributed by atoms with Gasteiger partial charge >= 0.3 is 0 Å². The molecule has 0 bridgehead atoms. The number of benzene rings is 2. The standard InChI is InChI=1S/C22H25N5O3/c1-15(2)21-18(14-25-26(21)17-10-8-16(3)9-11-17)22(28)24-13-12-23-19-6-4-5-7-20(19)27(29)30/h4-11,14-15,23H,12-13H2,1-3H3,(H,24,28). The van der Waals surface area contributed by atoms with E-state index in [2.05, 4.69) is 15.7 Å². The van der Waals surface area contributed by atoms with Crippen LogP contribution in [0, 0.1) is 17.0 Å². The minimum atomic E-state index is -0.435. The number of anilines is 1. The summed E-state index contributed by atoms with van der Waals surface area (Å²) in [5, 5.41) is 21.4. The largest absolute Gasteiger partial charge is 0.378 e. The Labute approximate surface area is 175 Å². The summed E-state index contributed by atoms with van der Waals surface area (Å²) in [5.74, 6) is -0.124. The van der Waals surface area contributed by atoms with E-state index < -0.39 is 4.92 Å². The molecule has 30 heavy (non-hydrogen) atoms. The van der Waals surface area contributed by atoms with E-state index in [-0.39, 0.29) is 17.5 Å². The van der Waals surface area contributed by atoms with Gasteiger partial charge in [0.2, 0.25) is 0 Å². The van der Waals surface area contributed by atoms with Gasteiger partial charge in [-0.05, 0) is 31.0 Å². The van der Waals surface area contributed by atoms with E-state index in [1.54, 1.807) is 29.1 Å². The number of para-hydroxylation sites is 2. The first-order valence-corrected chi connectivity index (χ1v) is 9.79. The van der Waals surface area contributed by atoms with Crippen LogP contribution in [0.1, 0.15) is 41.4 Å². The molecule has 0 radical (unpaired) electrons. The molecule has 8 heteroatoms. The Balaban J connectivity index is 1.67. The minimum absolute atomic E-state index is 0.00490. The molecule has 0 unspecified atom stereocenters. The lowest BCUT2D eigenvalue weighted by molar-refractivity contribution is -0.384. The molecule has 8 nitrogen and oxygen atoms in total. The average molecular weight is 407 g/mol. The molecule has 1 heterocycles. The van der Waals surface area contributed by atoms with Gasteiger partial charge in [-0.1, -0.05) is 43.7 Å². The monoisotopic (exact) mass is 407 g/mol. The van der Waals surface area contributed by atoms with Crippen LogP contribution in [0.5, 0.6) is 0 Å². The van der Waals surface area contributed by atoms with Gasteiger partial charge in [0.1, 0.15) is 5.69 Å². The molecule has 0 saturated carbocycles. The SMILES string of the molecule is Cc1ccc(-n2ncc(C(=O)NCCNc3ccccc3[N+](=O)[O-])c2C(C)C)cc1. The Morgan fingerprint density at radius 3 is 2.50 bits per heavy atom. The fourth-order valence-electron chi connectivity index (χ4n) is 3.23. The highest BCUT2D eigenvalue weighted by Crippen LogP contribution is 2.24. The maximum atomic E-state index is 12.8. The van der Waals surface area contributed by atoms with E-state index in [1.807, 2.05) is 45.0 Å². The van der Waals surface area contributed by atoms with Gasteiger partial charge in [0.05, 0.1) is 28.1 Å². The van der Waals surface area contributed by atoms with Gasteiger partial charge in [-0.25, -0.2) is 4.68 Å². The van der Waals surface area contributed by atoms with Crippen molar-refractivity contribution in [1.29, 1.82) is 0 Å². The highest BCUT2D eigenvalue weighted by atomic mass is 16.6. The van der Waals surface area contributed by atoms with Crippen molar-refractivity contribution in [2.24, 2.45) is 0 Å². The topological polar surface area (TPSA) is 102 Å². The number of aromatic nitrogens is 2. The van der Waals surface area contributed by atoms with Crippen molar-refractivity contribution < 1.29 is 9.72 Å². The third-order valence-electron chi connectivity index (χ3n) is 4.70. The molecule has 0 fully saturated rings. The molecule has 1 aromatic heterocycles. The quantitative estimate of drug-likeness (QED) is 0.333. The fourth-order valence-corrected chi connectivity index (χ4v) is 3.23. The predicted octanol–water partition coefficient (Wildman–Crippen LogP) is 4.05. The first kappa shape index (κ1) is 21.0. The van der Waals surface area contributed by atoms with Crippen molar-refractivity contribution in [3.8, 4) is 5.69 Å². The summed E-state index contributed by atoms with van der Waals surface area (Å²) >= 11 is 0. The highest BCUT2D eigenvalue weighted by molar-refractivity contribution is 5.95. The number of nitro groups is 1. The van der Waals surface area contributed by atoms with Crippen molar-refractivity contribution in [1.82, 2.24) is 15.1 Å². The number of amides is 1. The van der Waals surface area contributed by atoms with Crippen molar-refractivity contribution >= 4 is 17.3 Å². The summed E-state index contributed by atoms with van der Waals surface area (Å²) in [7, 11) is 0. The number of carbonyl (C=O) groups excluding carboxylic acids is 1. The van der Waals surface area contributed by atoms with Gasteiger partial charge in [0.25, 0.3) is 11.6 Å². The number of hydrogen-bond donors (Lipinski definition) is 2. The number of carbonyl (C=O) groups is 1. The molecular weight excluding hydrogens is 382 g/mol. The second-order valence-corrected chi connectivity index (χ2v) is 7.30. The molecule has 1 amide bonds. The van der Waals surface area contributed by atoms with Gasteiger partial charge in [0.15, 0.2) is 0 Å². The lowest BCUT2D eigenvalue weighted by Gasteiger charge is -2.13. The Kier molecular flexibility index (Phi) is 6.46. The summed E-state index contributed by atoms with van der Waals surface area (Å²) in [6, 6.07) is 14.4. The molecule has 156 valence electrons. The van der Waals surface area contributed by atoms with E-state index in [1.165, 1.54) is 6.07 Å². The molecule has 2 N–H and O–H groups in total. The Morgan fingerprint density at radius 2 is 1.83 bits per heavy atom. The van der Waals surface area contributed by atoms with E-state index in [9.17, 15) is 14.9 Å². The molecule has 0 aliphatic rings. The normalized spacial score (nSPS) is 10.8. The predicted molar refractivity (Wildman–Crippen MR) is 116 cm³/mol. The van der Waals surface area contributed by atoms with E-state index in [0.29, 0.717) is 24.3 Å². The fraction of sp³-hybridized carbons (Fsp3) is 0.273. The number of nitrogens with zero attached hydrogens (tertiary/aromatic N) is 3. The molecule has 3 aromatic rings. The summed E-state index contributed by atoms with van der Waals surface area (Å²) in [5.41, 5.74) is 3.85. The van der Waals surface area contributed by atoms with Crippen LogP contribution < -0.4 is 10.6 Å². The lowest BCUT2D eigenvalue weighted by Crippen LogP contribution is -2.29. The lowest BCUT2D eigenvalue weighted by atomic mass is 10.0. The van der Waals surface area contributed by atoms with Gasteiger partial charge in [0, 0.05) is 19.2 Å². The molecule has 3 rings (SSSR count). The zero-order valence-corrected chi connectivity index (χ0v) is 17.3. The number of rotatable bonds is 8. The number of hydrogen-bond acceptors (Lipinski definition) is 5. The van der Waals surface area contributed by atoms with Gasteiger partial charge < -0.3 is 10.6 Å². The number of aryl methyl sites for hydroxylation is 1. The maximum Gasteiger partial charge on any atom is 0.292 e. The van der Waals surface area contributed by atoms with Crippen LogP contribution in [0.2, 0.25) is 0 Å². The smallest absolute Gasteiger partial charge is 0.292 e. The van der Waals surface area contributed by atoms with Crippen LogP contribution in [0.15, 0.2) is 54.7 Å². The molecule has 0 atom stereocenters. The van der Waals surface area contributed by atoms with Crippen LogP contribution >= 0.6 is 0 Å². The Bertz CT molecular complexity index is 1040. The summed E-state index contributed by atoms with van der Waals surface area (Å²) in [6.45, 7) is 6.74. The maximum absolute atomic E-state index is 12.8. The van der Waals surface area contributed by atoms with Crippen molar-refractivity contribution in [3.05, 3.63) is 81.7 Å². The summed E-state index contributed by atoms with van der Waals surface area (Å²) in [6.07, 6.45) is 1.58. The van der Waals surface area contributed by atoms with Crippen molar-refractivity contribution in [3.63, 3.8) is 0 Å². The minimum Gasteiger partial charge on any atom is -0.378 e. The molecule has 0 spiro atoms. The molecule has 0 aliphatic heterocycles. The number of nitro benzene ring substituents is 1. The van der Waals surface area contributed by atoms with Crippen LogP contribution in [-0.4, -0.2) is 33.7 Å². The van der Waals surface area contributed by atoms with E-state index >= 15 is 0 Å². The van der Waals surface area contributed by atoms with Gasteiger partial charge in [-0.15, -0.1) is 0 Å². The van der Waals surface area contributed by atoms with Gasteiger partial charge in [-0.3, -0.25) is 14.9 Å². The van der Waals surface area contributed by atoms with Crippen molar-refractivity contribution in [2.75, 3.05) is 18.4 Å². The summed E-state index contributed by atoms with van der Waals surface area (Å²) < 4.78 is 1.80. The van der Waals surface area contributed by atoms with E-state index in [4.69, 9.17) is 0 Å². The zero-order chi connectivity index (χ0) is 21.7. The second kappa shape index (κ2) is 9.21. The van der Waals surface area contributed by atoms with Crippen LogP contribution in [0.4, 0.5) is 11.4 Å². The number of nitrogens with one attached hydrogen (secondary N) is 2. The first-order valence-electron chi connectivity index (χ1n) is 9.79. The average Bonchev–Trinajstić information content (AvgIpc) is 3.17. The second-order valence-electron chi connectivity index (χ2n) is 7.30. The van der Waals surface area contributed by atoms with Gasteiger partial charge in [-0.2, -0.15) is 5.10 Å². The third kappa shape index (κ3) is 4.65. The zero-order valence-electron chi connectivity index (χ0n) is 17.3. The third-order valence-corrected chi connectivity index (χ3v) is 4.70. The van der Waals surface area contributed by atoms with E-state index in [0.717, 1.165) is 16.9 Å². The molecule has 0 saturated heterocycles. The Morgan fingerprint density at radius 1 is 1.13 bits per heavy atom. The van der Waals surface area contributed by atoms with Crippen LogP contribution in [0.3, 0.4) is 0 Å².